The van der Waals surface area contributed by atoms with Gasteiger partial charge in [-0.1, -0.05) is 41.4 Å². The molecule has 0 spiro atoms. The van der Waals surface area contributed by atoms with Gasteiger partial charge in [-0.15, -0.1) is 0 Å². The molecule has 2 aromatic carbocycles. The molecule has 0 saturated heterocycles. The van der Waals surface area contributed by atoms with E-state index in [4.69, 9.17) is 11.6 Å². The molecule has 0 aliphatic carbocycles. The Morgan fingerprint density at radius 3 is 2.64 bits per heavy atom. The van der Waals surface area contributed by atoms with Gasteiger partial charge in [-0.05, 0) is 36.2 Å². The number of aryl methyl sites for hydroxylation is 1. The molecule has 0 saturated carbocycles. The Morgan fingerprint density at radius 1 is 1.23 bits per heavy atom. The lowest BCUT2D eigenvalue weighted by Gasteiger charge is -2.13. The first kappa shape index (κ1) is 14.6. The SMILES string of the molecule is Cc1ccc([C@H](C[N+](=O)[O-])c2c[nH]c3ccc(Cl)cc23)cc1. The zero-order valence-corrected chi connectivity index (χ0v) is 12.8. The van der Waals surface area contributed by atoms with Crippen molar-refractivity contribution in [2.75, 3.05) is 6.54 Å². The Bertz CT molecular complexity index is 824. The first-order valence-electron chi connectivity index (χ1n) is 6.99. The van der Waals surface area contributed by atoms with Crippen LogP contribution in [0.15, 0.2) is 48.7 Å². The van der Waals surface area contributed by atoms with E-state index >= 15 is 0 Å². The van der Waals surface area contributed by atoms with Gasteiger partial charge in [0.1, 0.15) is 0 Å². The highest BCUT2D eigenvalue weighted by Crippen LogP contribution is 2.32. The van der Waals surface area contributed by atoms with Crippen molar-refractivity contribution in [3.05, 3.63) is 80.5 Å². The number of nitrogens with one attached hydrogen (secondary N) is 1. The van der Waals surface area contributed by atoms with E-state index in [0.29, 0.717) is 5.02 Å². The van der Waals surface area contributed by atoms with Crippen molar-refractivity contribution in [1.82, 2.24) is 4.98 Å². The van der Waals surface area contributed by atoms with Gasteiger partial charge < -0.3 is 4.98 Å². The molecule has 3 aromatic rings. The number of aromatic amines is 1. The van der Waals surface area contributed by atoms with Crippen molar-refractivity contribution < 1.29 is 4.92 Å². The summed E-state index contributed by atoms with van der Waals surface area (Å²) in [7, 11) is 0. The van der Waals surface area contributed by atoms with E-state index in [0.717, 1.165) is 27.6 Å². The summed E-state index contributed by atoms with van der Waals surface area (Å²) >= 11 is 6.08. The third-order valence-corrected chi connectivity index (χ3v) is 4.10. The van der Waals surface area contributed by atoms with Gasteiger partial charge >= 0.3 is 0 Å². The maximum atomic E-state index is 11.1. The fourth-order valence-electron chi connectivity index (χ4n) is 2.73. The predicted molar refractivity (Wildman–Crippen MR) is 88.2 cm³/mol. The second-order valence-corrected chi connectivity index (χ2v) is 5.85. The fourth-order valence-corrected chi connectivity index (χ4v) is 2.91. The largest absolute Gasteiger partial charge is 0.361 e. The lowest BCUT2D eigenvalue weighted by molar-refractivity contribution is -0.481. The van der Waals surface area contributed by atoms with Crippen LogP contribution in [0.25, 0.3) is 10.9 Å². The minimum Gasteiger partial charge on any atom is -0.361 e. The zero-order valence-electron chi connectivity index (χ0n) is 12.0. The molecule has 22 heavy (non-hydrogen) atoms. The molecule has 112 valence electrons. The first-order valence-corrected chi connectivity index (χ1v) is 7.37. The summed E-state index contributed by atoms with van der Waals surface area (Å²) in [6.07, 6.45) is 1.84. The van der Waals surface area contributed by atoms with E-state index in [-0.39, 0.29) is 17.4 Å². The van der Waals surface area contributed by atoms with Crippen LogP contribution in [-0.4, -0.2) is 16.5 Å². The van der Waals surface area contributed by atoms with Gasteiger partial charge in [-0.25, -0.2) is 0 Å². The Hall–Kier alpha value is -2.33. The second-order valence-electron chi connectivity index (χ2n) is 5.41. The van der Waals surface area contributed by atoms with Crippen LogP contribution < -0.4 is 0 Å². The van der Waals surface area contributed by atoms with Crippen molar-refractivity contribution in [1.29, 1.82) is 0 Å². The van der Waals surface area contributed by atoms with Crippen LogP contribution >= 0.6 is 11.6 Å². The van der Waals surface area contributed by atoms with Gasteiger partial charge in [0.2, 0.25) is 6.54 Å². The second kappa shape index (κ2) is 5.81. The number of fused-ring (bicyclic) bond motifs is 1. The van der Waals surface area contributed by atoms with Gasteiger partial charge in [0, 0.05) is 27.0 Å². The standard InChI is InChI=1S/C17H15ClN2O2/c1-11-2-4-12(5-3-11)16(10-20(21)22)15-9-19-17-7-6-13(18)8-14(15)17/h2-9,16,19H,10H2,1H3/t16-/m0/s1. The highest BCUT2D eigenvalue weighted by Gasteiger charge is 2.23. The Labute approximate surface area is 132 Å². The number of hydrogen-bond acceptors (Lipinski definition) is 2. The van der Waals surface area contributed by atoms with Crippen LogP contribution in [0.2, 0.25) is 5.02 Å². The molecule has 0 unspecified atom stereocenters. The molecule has 1 aromatic heterocycles. The van der Waals surface area contributed by atoms with Crippen molar-refractivity contribution in [3.8, 4) is 0 Å². The molecule has 0 aliphatic heterocycles. The van der Waals surface area contributed by atoms with Gasteiger partial charge in [-0.3, -0.25) is 10.1 Å². The number of H-pyrrole nitrogens is 1. The molecule has 0 bridgehead atoms. The Balaban J connectivity index is 2.13. The summed E-state index contributed by atoms with van der Waals surface area (Å²) in [4.78, 5) is 14.0. The molecule has 4 nitrogen and oxygen atoms in total. The lowest BCUT2D eigenvalue weighted by Crippen LogP contribution is -2.13. The van der Waals surface area contributed by atoms with Crippen LogP contribution in [0, 0.1) is 17.0 Å². The minimum absolute atomic E-state index is 0.150. The van der Waals surface area contributed by atoms with Crippen LogP contribution in [0.5, 0.6) is 0 Å². The minimum atomic E-state index is -0.303. The fraction of sp³-hybridized carbons (Fsp3) is 0.176. The molecule has 0 aliphatic rings. The molecule has 0 fully saturated rings. The van der Waals surface area contributed by atoms with E-state index in [1.165, 1.54) is 0 Å². The van der Waals surface area contributed by atoms with Gasteiger partial charge in [0.15, 0.2) is 0 Å². The lowest BCUT2D eigenvalue weighted by atomic mass is 9.90. The summed E-state index contributed by atoms with van der Waals surface area (Å²) in [6, 6.07) is 13.4. The summed E-state index contributed by atoms with van der Waals surface area (Å²) in [5, 5.41) is 12.7. The van der Waals surface area contributed by atoms with Gasteiger partial charge in [-0.2, -0.15) is 0 Å². The number of rotatable bonds is 4. The topological polar surface area (TPSA) is 58.9 Å². The Kier molecular flexibility index (Phi) is 3.86. The molecule has 3 rings (SSSR count). The molecule has 1 N–H and O–H groups in total. The smallest absolute Gasteiger partial charge is 0.214 e. The summed E-state index contributed by atoms with van der Waals surface area (Å²) in [5.41, 5.74) is 3.90. The summed E-state index contributed by atoms with van der Waals surface area (Å²) < 4.78 is 0. The molecule has 0 radical (unpaired) electrons. The van der Waals surface area contributed by atoms with Crippen LogP contribution in [0.4, 0.5) is 0 Å². The summed E-state index contributed by atoms with van der Waals surface area (Å²) in [6.45, 7) is 1.85. The molecule has 5 heteroatoms. The van der Waals surface area contributed by atoms with Crippen LogP contribution in [0.3, 0.4) is 0 Å². The highest BCUT2D eigenvalue weighted by atomic mass is 35.5. The predicted octanol–water partition coefficient (Wildman–Crippen LogP) is 4.54. The number of halogens is 1. The molecule has 1 heterocycles. The molecule has 0 amide bonds. The zero-order chi connectivity index (χ0) is 15.7. The van der Waals surface area contributed by atoms with Crippen LogP contribution in [0.1, 0.15) is 22.6 Å². The average Bonchev–Trinajstić information content (AvgIpc) is 2.88. The number of hydrogen-bond donors (Lipinski definition) is 1. The Morgan fingerprint density at radius 2 is 1.95 bits per heavy atom. The van der Waals surface area contributed by atoms with E-state index < -0.39 is 0 Å². The van der Waals surface area contributed by atoms with E-state index in [1.54, 1.807) is 6.07 Å². The van der Waals surface area contributed by atoms with Crippen molar-refractivity contribution >= 4 is 22.5 Å². The summed E-state index contributed by atoms with van der Waals surface area (Å²) in [5.74, 6) is -0.303. The number of benzene rings is 2. The highest BCUT2D eigenvalue weighted by molar-refractivity contribution is 6.31. The van der Waals surface area contributed by atoms with Gasteiger partial charge in [0.25, 0.3) is 0 Å². The van der Waals surface area contributed by atoms with Crippen LogP contribution in [-0.2, 0) is 0 Å². The third kappa shape index (κ3) is 2.83. The average molecular weight is 315 g/mol. The van der Waals surface area contributed by atoms with Crippen molar-refractivity contribution in [2.45, 2.75) is 12.8 Å². The van der Waals surface area contributed by atoms with Crippen molar-refractivity contribution in [3.63, 3.8) is 0 Å². The van der Waals surface area contributed by atoms with E-state index in [1.807, 2.05) is 49.5 Å². The number of aromatic nitrogens is 1. The van der Waals surface area contributed by atoms with Gasteiger partial charge in [0.05, 0.1) is 5.92 Å². The molecular weight excluding hydrogens is 300 g/mol. The molecular formula is C17H15ClN2O2. The van der Waals surface area contributed by atoms with E-state index in [2.05, 4.69) is 4.98 Å². The quantitative estimate of drug-likeness (QED) is 0.568. The first-order chi connectivity index (χ1) is 10.5. The van der Waals surface area contributed by atoms with E-state index in [9.17, 15) is 10.1 Å². The monoisotopic (exact) mass is 314 g/mol. The number of nitrogens with zero attached hydrogens (tertiary/aromatic N) is 1. The normalized spacial score (nSPS) is 12.5. The molecule has 1 atom stereocenters. The third-order valence-electron chi connectivity index (χ3n) is 3.86. The maximum absolute atomic E-state index is 11.1. The number of nitro groups is 1. The van der Waals surface area contributed by atoms with Crippen molar-refractivity contribution in [2.24, 2.45) is 0 Å². The maximum Gasteiger partial charge on any atom is 0.214 e.